The molecule has 3 aromatic carbocycles. The van der Waals surface area contributed by atoms with Gasteiger partial charge in [0, 0.05) is 30.9 Å². The van der Waals surface area contributed by atoms with Gasteiger partial charge in [0.25, 0.3) is 11.5 Å². The number of amides is 1. The maximum Gasteiger partial charge on any atom is 0.303 e. The number of carboxylic acids is 1. The first kappa shape index (κ1) is 28.4. The lowest BCUT2D eigenvalue weighted by molar-refractivity contribution is -0.137. The van der Waals surface area contributed by atoms with E-state index in [0.717, 1.165) is 12.1 Å². The molecule has 2 heterocycles. The second-order valence-electron chi connectivity index (χ2n) is 10.1. The average molecular weight is 577 g/mol. The number of carbonyl (C=O) groups excluding carboxylic acids is 1. The Labute approximate surface area is 237 Å². The van der Waals surface area contributed by atoms with Crippen LogP contribution in [0.3, 0.4) is 0 Å². The topological polar surface area (TPSA) is 143 Å². The summed E-state index contributed by atoms with van der Waals surface area (Å²) in [5.74, 6) is -2.68. The number of hydrogen-bond donors (Lipinski definition) is 3. The number of anilines is 1. The van der Waals surface area contributed by atoms with Gasteiger partial charge in [0.2, 0.25) is 5.60 Å². The maximum atomic E-state index is 13.6. The fourth-order valence-corrected chi connectivity index (χ4v) is 4.68. The molecule has 0 spiro atoms. The van der Waals surface area contributed by atoms with Crippen molar-refractivity contribution in [2.75, 3.05) is 5.32 Å². The van der Waals surface area contributed by atoms with Crippen LogP contribution in [-0.4, -0.2) is 43.0 Å². The summed E-state index contributed by atoms with van der Waals surface area (Å²) in [5.41, 5.74) is -0.0175. The van der Waals surface area contributed by atoms with Crippen molar-refractivity contribution in [1.82, 2.24) is 9.55 Å². The minimum absolute atomic E-state index is 0.0166. The second kappa shape index (κ2) is 11.4. The van der Waals surface area contributed by atoms with Gasteiger partial charge in [0.15, 0.2) is 0 Å². The molecule has 216 valence electrons. The van der Waals surface area contributed by atoms with E-state index in [1.54, 1.807) is 18.2 Å². The lowest BCUT2D eigenvalue weighted by Crippen LogP contribution is -2.40. The molecule has 4 aromatic rings. The van der Waals surface area contributed by atoms with E-state index >= 15 is 0 Å². The first-order chi connectivity index (χ1) is 20.0. The molecule has 1 aliphatic heterocycles. The molecule has 42 heavy (non-hydrogen) atoms. The molecule has 1 aromatic heterocycles. The summed E-state index contributed by atoms with van der Waals surface area (Å²) in [4.78, 5) is 47.7. The number of phenols is 1. The summed E-state index contributed by atoms with van der Waals surface area (Å²) in [5, 5.41) is 25.8. The summed E-state index contributed by atoms with van der Waals surface area (Å²) in [6.07, 6.45) is 1.19. The van der Waals surface area contributed by atoms with Crippen molar-refractivity contribution in [3.8, 4) is 11.4 Å². The number of unbranched alkanes of at least 4 members (excludes halogenated alkanes) is 1. The third-order valence-corrected chi connectivity index (χ3v) is 6.95. The molecule has 1 amide bonds. The number of nitrogens with zero attached hydrogens (tertiary/aromatic N) is 3. The fraction of sp³-hybridized carbons (Fsp3) is 0.233. The highest BCUT2D eigenvalue weighted by atomic mass is 19.1. The monoisotopic (exact) mass is 576 g/mol. The number of aryl methyl sites for hydroxylation is 1. The van der Waals surface area contributed by atoms with E-state index in [4.69, 9.17) is 14.9 Å². The molecule has 1 aliphatic rings. The first-order valence-electron chi connectivity index (χ1n) is 13.1. The number of halogens is 2. The molecule has 0 bridgehead atoms. The second-order valence-corrected chi connectivity index (χ2v) is 10.1. The van der Waals surface area contributed by atoms with Crippen molar-refractivity contribution in [2.45, 2.75) is 44.6 Å². The Morgan fingerprint density at radius 2 is 1.79 bits per heavy atom. The van der Waals surface area contributed by atoms with Crippen LogP contribution in [0.4, 0.5) is 14.5 Å². The molecular weight excluding hydrogens is 550 g/mol. The Balaban J connectivity index is 1.43. The summed E-state index contributed by atoms with van der Waals surface area (Å²) in [6, 6.07) is 13.5. The van der Waals surface area contributed by atoms with Crippen molar-refractivity contribution in [2.24, 2.45) is 5.16 Å². The number of rotatable bonds is 9. The third-order valence-electron chi connectivity index (χ3n) is 6.95. The predicted molar refractivity (Wildman–Crippen MR) is 150 cm³/mol. The highest BCUT2D eigenvalue weighted by Crippen LogP contribution is 2.31. The van der Waals surface area contributed by atoms with Gasteiger partial charge in [-0.2, -0.15) is 0 Å². The van der Waals surface area contributed by atoms with E-state index in [1.807, 2.05) is 0 Å². The predicted octanol–water partition coefficient (Wildman–Crippen LogP) is 4.69. The largest absolute Gasteiger partial charge is 0.506 e. The van der Waals surface area contributed by atoms with Crippen molar-refractivity contribution in [3.05, 3.63) is 94.0 Å². The van der Waals surface area contributed by atoms with Crippen LogP contribution in [0.15, 0.2) is 70.6 Å². The van der Waals surface area contributed by atoms with E-state index < -0.39 is 34.9 Å². The Morgan fingerprint density at radius 3 is 2.50 bits per heavy atom. The molecule has 0 unspecified atom stereocenters. The number of hydrogen-bond acceptors (Lipinski definition) is 7. The summed E-state index contributed by atoms with van der Waals surface area (Å²) < 4.78 is 28.3. The minimum atomic E-state index is -1.43. The van der Waals surface area contributed by atoms with Gasteiger partial charge in [0.05, 0.1) is 28.0 Å². The molecule has 0 aliphatic carbocycles. The van der Waals surface area contributed by atoms with Gasteiger partial charge in [-0.15, -0.1) is 0 Å². The minimum Gasteiger partial charge on any atom is -0.506 e. The number of nitrogens with one attached hydrogen (secondary N) is 1. The number of carboxylic acid groups (broad SMARTS) is 1. The summed E-state index contributed by atoms with van der Waals surface area (Å²) in [6.45, 7) is 1.52. The summed E-state index contributed by atoms with van der Waals surface area (Å²) >= 11 is 0. The molecule has 0 saturated carbocycles. The van der Waals surface area contributed by atoms with E-state index in [-0.39, 0.29) is 24.1 Å². The highest BCUT2D eigenvalue weighted by molar-refractivity contribution is 6.09. The number of aromatic nitrogens is 2. The zero-order valence-electron chi connectivity index (χ0n) is 22.4. The highest BCUT2D eigenvalue weighted by Gasteiger charge is 2.42. The molecule has 0 saturated heterocycles. The van der Waals surface area contributed by atoms with Crippen molar-refractivity contribution in [3.63, 3.8) is 0 Å². The Morgan fingerprint density at radius 1 is 1.05 bits per heavy atom. The molecule has 10 nitrogen and oxygen atoms in total. The number of benzene rings is 3. The van der Waals surface area contributed by atoms with E-state index in [0.29, 0.717) is 53.0 Å². The molecule has 0 fully saturated rings. The number of carbonyl (C=O) groups is 2. The number of aliphatic carboxylic acids is 1. The van der Waals surface area contributed by atoms with Gasteiger partial charge in [-0.05, 0) is 68.3 Å². The number of aromatic hydroxyl groups is 1. The molecule has 0 radical (unpaired) electrons. The van der Waals surface area contributed by atoms with Crippen LogP contribution in [-0.2, 0) is 20.8 Å². The Kier molecular flexibility index (Phi) is 7.70. The molecule has 12 heteroatoms. The Hall–Kier alpha value is -5.13. The van der Waals surface area contributed by atoms with Crippen LogP contribution in [0.2, 0.25) is 0 Å². The molecular formula is C30H26F2N4O6. The smallest absolute Gasteiger partial charge is 0.303 e. The van der Waals surface area contributed by atoms with Crippen molar-refractivity contribution in [1.29, 1.82) is 0 Å². The number of fused-ring (bicyclic) bond motifs is 1. The lowest BCUT2D eigenvalue weighted by Gasteiger charge is -2.20. The van der Waals surface area contributed by atoms with Gasteiger partial charge >= 0.3 is 5.97 Å². The van der Waals surface area contributed by atoms with Crippen molar-refractivity contribution < 1.29 is 33.4 Å². The molecule has 5 rings (SSSR count). The standard InChI is InChI=1S/C30H26F2N4O6/c1-30(29(41)34-22-13-9-19(32)15-25(22)37)16-24(35-42-30)17-6-12-21-23(14-17)33-26(4-2-3-5-27(38)39)36(28(21)40)20-10-7-18(31)8-11-20/h6-15,37H,2-5,16H2,1H3,(H,34,41)(H,38,39)/t30-/m1/s1. The third kappa shape index (κ3) is 5.82. The quantitative estimate of drug-likeness (QED) is 0.194. The lowest BCUT2D eigenvalue weighted by atomic mass is 9.94. The van der Waals surface area contributed by atoms with Crippen LogP contribution in [0.25, 0.3) is 16.6 Å². The van der Waals surface area contributed by atoms with Gasteiger partial charge in [-0.25, -0.2) is 13.8 Å². The van der Waals surface area contributed by atoms with Crippen molar-refractivity contribution >= 4 is 34.2 Å². The Bertz CT molecular complexity index is 1790. The van der Waals surface area contributed by atoms with E-state index in [2.05, 4.69) is 10.5 Å². The van der Waals surface area contributed by atoms with E-state index in [1.165, 1.54) is 41.8 Å². The fourth-order valence-electron chi connectivity index (χ4n) is 4.68. The van der Waals surface area contributed by atoms with Crippen LogP contribution in [0.1, 0.15) is 44.0 Å². The van der Waals surface area contributed by atoms with Gasteiger partial charge < -0.3 is 20.4 Å². The van der Waals surface area contributed by atoms with E-state index in [9.17, 15) is 28.3 Å². The van der Waals surface area contributed by atoms with Crippen LogP contribution < -0.4 is 10.9 Å². The number of phenolic OH excluding ortho intramolecular Hbond substituents is 1. The van der Waals surface area contributed by atoms with Gasteiger partial charge in [0.1, 0.15) is 23.2 Å². The zero-order chi connectivity index (χ0) is 30.0. The van der Waals surface area contributed by atoms with Crippen LogP contribution >= 0.6 is 0 Å². The van der Waals surface area contributed by atoms with Crippen LogP contribution in [0, 0.1) is 11.6 Å². The first-order valence-corrected chi connectivity index (χ1v) is 13.1. The number of oxime groups is 1. The van der Waals surface area contributed by atoms with Gasteiger partial charge in [-0.1, -0.05) is 11.2 Å². The summed E-state index contributed by atoms with van der Waals surface area (Å²) in [7, 11) is 0. The molecule has 1 atom stereocenters. The molecule has 3 N–H and O–H groups in total. The van der Waals surface area contributed by atoms with Crippen LogP contribution in [0.5, 0.6) is 5.75 Å². The van der Waals surface area contributed by atoms with Gasteiger partial charge in [-0.3, -0.25) is 19.0 Å². The normalized spacial score (nSPS) is 16.2. The maximum absolute atomic E-state index is 13.6. The average Bonchev–Trinajstić information content (AvgIpc) is 3.36. The SMILES string of the molecule is C[C@]1(C(=O)Nc2ccc(F)cc2O)CC(c2ccc3c(=O)n(-c4ccc(F)cc4)c(CCCCC(=O)O)nc3c2)=NO1. The zero-order valence-corrected chi connectivity index (χ0v) is 22.4.